The zero-order valence-electron chi connectivity index (χ0n) is 10.0. The predicted molar refractivity (Wildman–Crippen MR) is 58.9 cm³/mol. The fourth-order valence-corrected chi connectivity index (χ4v) is 2.56. The number of urea groups is 1. The number of nitrogens with zero attached hydrogens (tertiary/aromatic N) is 2. The Morgan fingerprint density at radius 3 is 1.81 bits per heavy atom. The maximum Gasteiger partial charge on any atom is 0.324 e. The fourth-order valence-electron chi connectivity index (χ4n) is 2.56. The van der Waals surface area contributed by atoms with E-state index in [1.54, 1.807) is 14.2 Å². The van der Waals surface area contributed by atoms with E-state index in [1.807, 2.05) is 9.80 Å². The third kappa shape index (κ3) is 2.01. The van der Waals surface area contributed by atoms with Crippen LogP contribution in [0.2, 0.25) is 0 Å². The molecule has 2 fully saturated rings. The average Bonchev–Trinajstić information content (AvgIpc) is 2.96. The van der Waals surface area contributed by atoms with Crippen molar-refractivity contribution in [2.75, 3.05) is 27.3 Å². The fraction of sp³-hybridized carbons (Fsp3) is 0.909. The summed E-state index contributed by atoms with van der Waals surface area (Å²) in [6.45, 7) is 1.59. The van der Waals surface area contributed by atoms with E-state index in [1.165, 1.54) is 0 Å². The van der Waals surface area contributed by atoms with E-state index in [0.29, 0.717) is 0 Å². The molecule has 5 nitrogen and oxygen atoms in total. The summed E-state index contributed by atoms with van der Waals surface area (Å²) in [5.41, 5.74) is 0. The van der Waals surface area contributed by atoms with Crippen molar-refractivity contribution in [1.29, 1.82) is 0 Å². The van der Waals surface area contributed by atoms with Crippen molar-refractivity contribution in [3.8, 4) is 0 Å². The maximum absolute atomic E-state index is 12.3. The molecule has 0 spiro atoms. The minimum Gasteiger partial charge on any atom is -0.361 e. The highest BCUT2D eigenvalue weighted by Gasteiger charge is 2.36. The highest BCUT2D eigenvalue weighted by atomic mass is 16.5. The molecule has 0 saturated carbocycles. The Bertz CT molecular complexity index is 236. The van der Waals surface area contributed by atoms with Crippen molar-refractivity contribution in [1.82, 2.24) is 9.80 Å². The van der Waals surface area contributed by atoms with Crippen molar-refractivity contribution in [3.05, 3.63) is 0 Å². The quantitative estimate of drug-likeness (QED) is 0.714. The van der Waals surface area contributed by atoms with Crippen molar-refractivity contribution >= 4 is 6.03 Å². The third-order valence-electron chi connectivity index (χ3n) is 3.43. The average molecular weight is 228 g/mol. The van der Waals surface area contributed by atoms with Gasteiger partial charge in [-0.05, 0) is 25.7 Å². The summed E-state index contributed by atoms with van der Waals surface area (Å²) in [5, 5.41) is 0. The zero-order chi connectivity index (χ0) is 11.5. The summed E-state index contributed by atoms with van der Waals surface area (Å²) < 4.78 is 10.6. The Balaban J connectivity index is 2.00. The first kappa shape index (κ1) is 11.7. The maximum atomic E-state index is 12.3. The third-order valence-corrected chi connectivity index (χ3v) is 3.43. The summed E-state index contributed by atoms with van der Waals surface area (Å²) in [5.74, 6) is 0. The molecule has 0 bridgehead atoms. The largest absolute Gasteiger partial charge is 0.361 e. The number of amides is 2. The van der Waals surface area contributed by atoms with Gasteiger partial charge in [0.05, 0.1) is 0 Å². The predicted octanol–water partition coefficient (Wildman–Crippen LogP) is 1.24. The molecule has 0 radical (unpaired) electrons. The number of rotatable bonds is 2. The van der Waals surface area contributed by atoms with Crippen LogP contribution in [0.3, 0.4) is 0 Å². The van der Waals surface area contributed by atoms with E-state index in [9.17, 15) is 4.79 Å². The lowest BCUT2D eigenvalue weighted by Gasteiger charge is -2.31. The number of methoxy groups -OCH3 is 2. The number of hydrogen-bond acceptors (Lipinski definition) is 3. The van der Waals surface area contributed by atoms with Crippen LogP contribution in [0.5, 0.6) is 0 Å². The standard InChI is InChI=1S/C11H20N2O3/c1-15-9-5-3-7-12(9)11(14)13-8-4-6-10(13)16-2/h9-10H,3-8H2,1-2H3/t9-,10-/m0/s1. The molecular weight excluding hydrogens is 208 g/mol. The van der Waals surface area contributed by atoms with E-state index in [-0.39, 0.29) is 18.5 Å². The molecule has 92 valence electrons. The lowest BCUT2D eigenvalue weighted by molar-refractivity contribution is -0.0222. The normalized spacial score (nSPS) is 30.1. The molecule has 0 unspecified atom stereocenters. The molecule has 0 aromatic heterocycles. The molecule has 2 rings (SSSR count). The van der Waals surface area contributed by atoms with Crippen molar-refractivity contribution < 1.29 is 14.3 Å². The van der Waals surface area contributed by atoms with E-state index in [4.69, 9.17) is 9.47 Å². The Kier molecular flexibility index (Phi) is 3.66. The minimum atomic E-state index is -0.0504. The molecule has 16 heavy (non-hydrogen) atoms. The van der Waals surface area contributed by atoms with Crippen LogP contribution in [0.1, 0.15) is 25.7 Å². The summed E-state index contributed by atoms with van der Waals surface area (Å²) in [6.07, 6.45) is 3.82. The van der Waals surface area contributed by atoms with Crippen LogP contribution in [0.25, 0.3) is 0 Å². The molecule has 2 atom stereocenters. The Hall–Kier alpha value is -0.810. The Morgan fingerprint density at radius 2 is 1.44 bits per heavy atom. The molecule has 0 aromatic carbocycles. The summed E-state index contributed by atoms with van der Waals surface area (Å²) >= 11 is 0. The molecule has 2 aliphatic heterocycles. The van der Waals surface area contributed by atoms with Gasteiger partial charge in [-0.25, -0.2) is 4.79 Å². The van der Waals surface area contributed by atoms with Crippen LogP contribution in [0.4, 0.5) is 4.79 Å². The zero-order valence-corrected chi connectivity index (χ0v) is 10.0. The lowest BCUT2D eigenvalue weighted by Crippen LogP contribution is -2.48. The van der Waals surface area contributed by atoms with Crippen molar-refractivity contribution in [2.24, 2.45) is 0 Å². The molecule has 0 aliphatic carbocycles. The van der Waals surface area contributed by atoms with Crippen LogP contribution >= 0.6 is 0 Å². The van der Waals surface area contributed by atoms with Gasteiger partial charge in [0.2, 0.25) is 0 Å². The van der Waals surface area contributed by atoms with Gasteiger partial charge in [-0.3, -0.25) is 9.80 Å². The molecule has 2 aliphatic rings. The SMILES string of the molecule is CO[C@H]1CCCN1C(=O)N1CCC[C@@H]1OC. The Morgan fingerprint density at radius 1 is 1.00 bits per heavy atom. The summed E-state index contributed by atoms with van der Waals surface area (Å²) in [6, 6.07) is 0.0636. The van der Waals surface area contributed by atoms with Gasteiger partial charge in [-0.1, -0.05) is 0 Å². The molecule has 5 heteroatoms. The van der Waals surface area contributed by atoms with Gasteiger partial charge in [-0.2, -0.15) is 0 Å². The molecule has 0 aromatic rings. The first-order valence-corrected chi connectivity index (χ1v) is 5.90. The minimum absolute atomic E-state index is 0.0504. The van der Waals surface area contributed by atoms with Crippen molar-refractivity contribution in [3.63, 3.8) is 0 Å². The van der Waals surface area contributed by atoms with Gasteiger partial charge in [0, 0.05) is 27.3 Å². The second-order valence-corrected chi connectivity index (χ2v) is 4.33. The first-order chi connectivity index (χ1) is 7.77. The number of carbonyl (C=O) groups is 1. The first-order valence-electron chi connectivity index (χ1n) is 5.90. The van der Waals surface area contributed by atoms with Gasteiger partial charge >= 0.3 is 6.03 Å². The molecule has 2 saturated heterocycles. The summed E-state index contributed by atoms with van der Waals surface area (Å²) in [4.78, 5) is 15.9. The second-order valence-electron chi connectivity index (χ2n) is 4.33. The van der Waals surface area contributed by atoms with Gasteiger partial charge in [0.15, 0.2) is 0 Å². The molecule has 0 N–H and O–H groups in total. The number of likely N-dealkylation sites (tertiary alicyclic amines) is 2. The highest BCUT2D eigenvalue weighted by Crippen LogP contribution is 2.24. The second kappa shape index (κ2) is 5.01. The van der Waals surface area contributed by atoms with Gasteiger partial charge < -0.3 is 9.47 Å². The van der Waals surface area contributed by atoms with Crippen LogP contribution in [0, 0.1) is 0 Å². The van der Waals surface area contributed by atoms with Crippen molar-refractivity contribution in [2.45, 2.75) is 38.1 Å². The van der Waals surface area contributed by atoms with E-state index < -0.39 is 0 Å². The molecule has 2 heterocycles. The van der Waals surface area contributed by atoms with E-state index in [0.717, 1.165) is 38.8 Å². The number of carbonyl (C=O) groups excluding carboxylic acids is 1. The van der Waals surface area contributed by atoms with E-state index >= 15 is 0 Å². The Labute approximate surface area is 96.3 Å². The van der Waals surface area contributed by atoms with Crippen LogP contribution in [-0.4, -0.2) is 55.6 Å². The van der Waals surface area contributed by atoms with Crippen LogP contribution in [-0.2, 0) is 9.47 Å². The van der Waals surface area contributed by atoms with Gasteiger partial charge in [-0.15, -0.1) is 0 Å². The van der Waals surface area contributed by atoms with Gasteiger partial charge in [0.1, 0.15) is 12.5 Å². The number of ether oxygens (including phenoxy) is 2. The topological polar surface area (TPSA) is 42.0 Å². The number of hydrogen-bond donors (Lipinski definition) is 0. The molecular formula is C11H20N2O3. The van der Waals surface area contributed by atoms with Crippen LogP contribution in [0.15, 0.2) is 0 Å². The van der Waals surface area contributed by atoms with E-state index in [2.05, 4.69) is 0 Å². The van der Waals surface area contributed by atoms with Crippen LogP contribution < -0.4 is 0 Å². The molecule has 2 amide bonds. The highest BCUT2D eigenvalue weighted by molar-refractivity contribution is 5.75. The summed E-state index contributed by atoms with van der Waals surface area (Å²) in [7, 11) is 3.32. The lowest BCUT2D eigenvalue weighted by atomic mass is 10.4. The monoisotopic (exact) mass is 228 g/mol. The smallest absolute Gasteiger partial charge is 0.324 e. The van der Waals surface area contributed by atoms with Gasteiger partial charge in [0.25, 0.3) is 0 Å².